The summed E-state index contributed by atoms with van der Waals surface area (Å²) < 4.78 is 54.7. The van der Waals surface area contributed by atoms with Gasteiger partial charge in [0.15, 0.2) is 0 Å². The molecule has 0 aliphatic heterocycles. The minimum atomic E-state index is -4.62. The van der Waals surface area contributed by atoms with Gasteiger partial charge in [0.1, 0.15) is 5.82 Å². The molecule has 0 spiro atoms. The van der Waals surface area contributed by atoms with Crippen LogP contribution in [0.1, 0.15) is 49.7 Å². The fourth-order valence-electron chi connectivity index (χ4n) is 3.13. The Balaban J connectivity index is 1.96. The van der Waals surface area contributed by atoms with E-state index >= 15 is 0 Å². The Kier molecular flexibility index (Phi) is 5.07. The Morgan fingerprint density at radius 2 is 1.86 bits per heavy atom. The zero-order valence-electron chi connectivity index (χ0n) is 12.2. The third kappa shape index (κ3) is 4.20. The van der Waals surface area contributed by atoms with Crippen molar-refractivity contribution >= 4 is 0 Å². The molecule has 1 aliphatic rings. The minimum absolute atomic E-state index is 0.0120. The number of halogens is 4. The molecule has 0 amide bonds. The average molecular weight is 315 g/mol. The Morgan fingerprint density at radius 3 is 2.36 bits per heavy atom. The van der Waals surface area contributed by atoms with Gasteiger partial charge >= 0.3 is 6.36 Å². The van der Waals surface area contributed by atoms with Gasteiger partial charge in [0.2, 0.25) is 0 Å². The number of nitrogens with zero attached hydrogens (tertiary/aromatic N) is 1. The summed E-state index contributed by atoms with van der Waals surface area (Å²) in [5.41, 5.74) is 0.809. The van der Waals surface area contributed by atoms with Crippen LogP contribution < -0.4 is 0 Å². The summed E-state index contributed by atoms with van der Waals surface area (Å²) in [7, 11) is 0. The predicted molar refractivity (Wildman–Crippen MR) is 72.4 cm³/mol. The molecule has 22 heavy (non-hydrogen) atoms. The first kappa shape index (κ1) is 16.8. The van der Waals surface area contributed by atoms with Crippen molar-refractivity contribution in [2.75, 3.05) is 0 Å². The molecule has 6 heteroatoms. The Morgan fingerprint density at radius 1 is 1.23 bits per heavy atom. The highest BCUT2D eigenvalue weighted by Crippen LogP contribution is 2.39. The van der Waals surface area contributed by atoms with Gasteiger partial charge in [-0.1, -0.05) is 6.07 Å². The summed E-state index contributed by atoms with van der Waals surface area (Å²) in [6, 6.07) is 6.26. The minimum Gasteiger partial charge on any atom is -0.289 e. The Bertz CT molecular complexity index is 556. The van der Waals surface area contributed by atoms with Crippen LogP contribution in [0, 0.1) is 23.1 Å². The lowest BCUT2D eigenvalue weighted by Crippen LogP contribution is -2.30. The molecule has 0 bridgehead atoms. The van der Waals surface area contributed by atoms with Crippen LogP contribution in [-0.4, -0.2) is 12.5 Å². The smallest absolute Gasteiger partial charge is 0.289 e. The van der Waals surface area contributed by atoms with Gasteiger partial charge in [-0.15, -0.1) is 13.2 Å². The zero-order chi connectivity index (χ0) is 16.3. The number of ether oxygens (including phenoxy) is 1. The highest BCUT2D eigenvalue weighted by Gasteiger charge is 2.36. The largest absolute Gasteiger partial charge is 0.522 e. The van der Waals surface area contributed by atoms with Crippen molar-refractivity contribution in [2.24, 2.45) is 5.92 Å². The molecule has 1 fully saturated rings. The summed E-state index contributed by atoms with van der Waals surface area (Å²) in [5, 5.41) is 8.73. The van der Waals surface area contributed by atoms with E-state index in [1.807, 2.05) is 6.07 Å². The molecule has 1 saturated carbocycles. The highest BCUT2D eigenvalue weighted by molar-refractivity contribution is 5.34. The second kappa shape index (κ2) is 6.66. The van der Waals surface area contributed by atoms with E-state index < -0.39 is 18.3 Å². The van der Waals surface area contributed by atoms with Gasteiger partial charge in [0, 0.05) is 0 Å². The molecule has 1 unspecified atom stereocenters. The third-order valence-electron chi connectivity index (χ3n) is 4.32. The maximum absolute atomic E-state index is 14.0. The maximum atomic E-state index is 14.0. The van der Waals surface area contributed by atoms with Gasteiger partial charge < -0.3 is 0 Å². The number of benzene rings is 1. The van der Waals surface area contributed by atoms with E-state index in [0.29, 0.717) is 31.2 Å². The van der Waals surface area contributed by atoms with Crippen LogP contribution in [0.5, 0.6) is 0 Å². The predicted octanol–water partition coefficient (Wildman–Crippen LogP) is 4.90. The van der Waals surface area contributed by atoms with Gasteiger partial charge in [-0.3, -0.25) is 4.74 Å². The number of rotatable bonds is 3. The standard InChI is InChI=1S/C16H17F4NO/c1-10(22-16(18,19)20)12-3-5-13(6-4-12)14-7-2-11(9-21)8-15(14)17/h2,7-8,10,12-13H,3-6H2,1H3. The van der Waals surface area contributed by atoms with E-state index in [-0.39, 0.29) is 17.4 Å². The number of hydrogen-bond acceptors (Lipinski definition) is 2. The molecule has 1 atom stereocenters. The average Bonchev–Trinajstić information content (AvgIpc) is 2.45. The molecule has 120 valence electrons. The van der Waals surface area contributed by atoms with Crippen molar-refractivity contribution in [1.29, 1.82) is 5.26 Å². The second-order valence-electron chi connectivity index (χ2n) is 5.73. The van der Waals surface area contributed by atoms with E-state index in [2.05, 4.69) is 4.74 Å². The number of nitriles is 1. The van der Waals surface area contributed by atoms with Crippen molar-refractivity contribution in [1.82, 2.24) is 0 Å². The molecule has 2 rings (SSSR count). The zero-order valence-corrected chi connectivity index (χ0v) is 12.2. The lowest BCUT2D eigenvalue weighted by molar-refractivity contribution is -0.346. The van der Waals surface area contributed by atoms with Crippen LogP contribution >= 0.6 is 0 Å². The van der Waals surface area contributed by atoms with Crippen LogP contribution in [0.25, 0.3) is 0 Å². The van der Waals surface area contributed by atoms with Crippen LogP contribution in [0.4, 0.5) is 17.6 Å². The molecule has 1 aromatic carbocycles. The molecular formula is C16H17F4NO. The molecule has 0 radical (unpaired) electrons. The van der Waals surface area contributed by atoms with E-state index in [0.717, 1.165) is 0 Å². The van der Waals surface area contributed by atoms with E-state index in [1.54, 1.807) is 12.1 Å². The summed E-state index contributed by atoms with van der Waals surface area (Å²) >= 11 is 0. The molecule has 2 nitrogen and oxygen atoms in total. The molecule has 1 aliphatic carbocycles. The first-order chi connectivity index (χ1) is 10.3. The topological polar surface area (TPSA) is 33.0 Å². The summed E-state index contributed by atoms with van der Waals surface area (Å²) in [4.78, 5) is 0. The quantitative estimate of drug-likeness (QED) is 0.744. The van der Waals surface area contributed by atoms with E-state index in [9.17, 15) is 17.6 Å². The van der Waals surface area contributed by atoms with Gasteiger partial charge in [-0.2, -0.15) is 5.26 Å². The first-order valence-electron chi connectivity index (χ1n) is 7.24. The molecular weight excluding hydrogens is 298 g/mol. The second-order valence-corrected chi connectivity index (χ2v) is 5.73. The number of hydrogen-bond donors (Lipinski definition) is 0. The molecule has 0 aromatic heterocycles. The van der Waals surface area contributed by atoms with Crippen molar-refractivity contribution in [3.63, 3.8) is 0 Å². The summed E-state index contributed by atoms with van der Waals surface area (Å²) in [6.45, 7) is 1.43. The van der Waals surface area contributed by atoms with Crippen LogP contribution in [-0.2, 0) is 4.74 Å². The summed E-state index contributed by atoms with van der Waals surface area (Å²) in [6.07, 6.45) is -3.11. The van der Waals surface area contributed by atoms with Crippen molar-refractivity contribution in [3.8, 4) is 6.07 Å². The van der Waals surface area contributed by atoms with E-state index in [1.165, 1.54) is 13.0 Å². The van der Waals surface area contributed by atoms with Gasteiger partial charge in [0.05, 0.1) is 17.7 Å². The highest BCUT2D eigenvalue weighted by atomic mass is 19.4. The van der Waals surface area contributed by atoms with Crippen molar-refractivity contribution < 1.29 is 22.3 Å². The van der Waals surface area contributed by atoms with Crippen molar-refractivity contribution in [3.05, 3.63) is 35.1 Å². The Hall–Kier alpha value is -1.61. The van der Waals surface area contributed by atoms with Gasteiger partial charge in [0.25, 0.3) is 0 Å². The maximum Gasteiger partial charge on any atom is 0.522 e. The molecule has 1 aromatic rings. The molecule has 0 heterocycles. The third-order valence-corrected chi connectivity index (χ3v) is 4.32. The first-order valence-corrected chi connectivity index (χ1v) is 7.24. The molecule has 0 saturated heterocycles. The summed E-state index contributed by atoms with van der Waals surface area (Å²) in [5.74, 6) is -0.594. The van der Waals surface area contributed by atoms with Crippen molar-refractivity contribution in [2.45, 2.75) is 51.0 Å². The fraction of sp³-hybridized carbons (Fsp3) is 0.562. The van der Waals surface area contributed by atoms with E-state index in [4.69, 9.17) is 5.26 Å². The normalized spacial score (nSPS) is 23.8. The van der Waals surface area contributed by atoms with Crippen LogP contribution in [0.15, 0.2) is 18.2 Å². The van der Waals surface area contributed by atoms with Gasteiger partial charge in [-0.25, -0.2) is 4.39 Å². The fourth-order valence-corrected chi connectivity index (χ4v) is 3.13. The van der Waals surface area contributed by atoms with Gasteiger partial charge in [-0.05, 0) is 62.1 Å². The SMILES string of the molecule is CC(OC(F)(F)F)C1CCC(c2ccc(C#N)cc2F)CC1. The number of alkyl halides is 3. The lowest BCUT2D eigenvalue weighted by atomic mass is 9.76. The van der Waals surface area contributed by atoms with Crippen LogP contribution in [0.2, 0.25) is 0 Å². The molecule has 0 N–H and O–H groups in total. The Labute approximate surface area is 126 Å². The lowest BCUT2D eigenvalue weighted by Gasteiger charge is -2.32. The monoisotopic (exact) mass is 315 g/mol. The van der Waals surface area contributed by atoms with Crippen LogP contribution in [0.3, 0.4) is 0 Å².